The van der Waals surface area contributed by atoms with Gasteiger partial charge in [-0.1, -0.05) is 0 Å². The zero-order valence-electron chi connectivity index (χ0n) is 9.39. The second-order valence-electron chi connectivity index (χ2n) is 3.28. The first-order chi connectivity index (χ1) is 8.68. The highest BCUT2D eigenvalue weighted by molar-refractivity contribution is 5.87. The van der Waals surface area contributed by atoms with Crippen LogP contribution in [-0.4, -0.2) is 17.6 Å². The van der Waals surface area contributed by atoms with E-state index in [9.17, 15) is 31.1 Å². The molecule has 0 saturated carbocycles. The van der Waals surface area contributed by atoms with Gasteiger partial charge in [-0.05, 0) is 13.0 Å². The Hall–Kier alpha value is -1.80. The first-order valence-corrected chi connectivity index (χ1v) is 4.91. The van der Waals surface area contributed by atoms with Crippen LogP contribution in [0.3, 0.4) is 0 Å². The van der Waals surface area contributed by atoms with Crippen molar-refractivity contribution in [3.63, 3.8) is 0 Å². The molecule has 1 heterocycles. The average molecular weight is 287 g/mol. The molecule has 3 nitrogen and oxygen atoms in total. The van der Waals surface area contributed by atoms with Crippen molar-refractivity contribution in [3.05, 3.63) is 28.8 Å². The smallest absolute Gasteiger partial charge is 0.436 e. The molecule has 0 bridgehead atoms. The third kappa shape index (κ3) is 3.36. The molecule has 0 N–H and O–H groups in total. The molecule has 19 heavy (non-hydrogen) atoms. The number of nitrogens with zero attached hydrogens (tertiary/aromatic N) is 1. The number of halogens is 6. The predicted molar refractivity (Wildman–Crippen MR) is 50.1 cm³/mol. The fourth-order valence-corrected chi connectivity index (χ4v) is 1.21. The van der Waals surface area contributed by atoms with Gasteiger partial charge in [-0.25, -0.2) is 22.9 Å². The van der Waals surface area contributed by atoms with E-state index in [1.165, 1.54) is 6.92 Å². The van der Waals surface area contributed by atoms with Gasteiger partial charge in [0.15, 0.2) is 11.5 Å². The lowest BCUT2D eigenvalue weighted by molar-refractivity contribution is -0.144. The number of hydrogen-bond acceptors (Lipinski definition) is 3. The lowest BCUT2D eigenvalue weighted by atomic mass is 10.1. The number of rotatable bonds is 3. The van der Waals surface area contributed by atoms with Crippen molar-refractivity contribution in [3.8, 4) is 0 Å². The summed E-state index contributed by atoms with van der Waals surface area (Å²) in [6.45, 7) is 1.17. The van der Waals surface area contributed by atoms with E-state index in [4.69, 9.17) is 0 Å². The highest BCUT2D eigenvalue weighted by atomic mass is 19.4. The zero-order chi connectivity index (χ0) is 14.8. The third-order valence-corrected chi connectivity index (χ3v) is 1.97. The number of carbonyl (C=O) groups excluding carboxylic acids is 1. The van der Waals surface area contributed by atoms with Crippen LogP contribution in [0.15, 0.2) is 6.07 Å². The molecule has 0 spiro atoms. The molecule has 1 rings (SSSR count). The Labute approximate surface area is 103 Å². The maximum atomic E-state index is 13.2. The van der Waals surface area contributed by atoms with Gasteiger partial charge in [0.2, 0.25) is 0 Å². The first kappa shape index (κ1) is 15.3. The summed E-state index contributed by atoms with van der Waals surface area (Å²) in [4.78, 5) is 13.9. The van der Waals surface area contributed by atoms with Crippen LogP contribution in [0.25, 0.3) is 0 Å². The van der Waals surface area contributed by atoms with Crippen LogP contribution < -0.4 is 0 Å². The van der Waals surface area contributed by atoms with Crippen molar-refractivity contribution in [1.82, 2.24) is 4.98 Å². The highest BCUT2D eigenvalue weighted by Crippen LogP contribution is 2.34. The van der Waals surface area contributed by atoms with Crippen LogP contribution in [0.5, 0.6) is 0 Å². The Balaban J connectivity index is 3.44. The van der Waals surface area contributed by atoms with Gasteiger partial charge in [0.1, 0.15) is 5.69 Å². The minimum atomic E-state index is -5.30. The minimum Gasteiger partial charge on any atom is -0.461 e. The van der Waals surface area contributed by atoms with E-state index in [-0.39, 0.29) is 12.7 Å². The molecule has 0 aliphatic rings. The number of pyridine rings is 1. The molecule has 0 atom stereocenters. The summed E-state index contributed by atoms with van der Waals surface area (Å²) in [5, 5.41) is 0. The van der Waals surface area contributed by atoms with Crippen molar-refractivity contribution < 1.29 is 35.9 Å². The zero-order valence-corrected chi connectivity index (χ0v) is 9.39. The van der Waals surface area contributed by atoms with Gasteiger partial charge in [-0.15, -0.1) is 0 Å². The molecule has 0 fully saturated rings. The molecule has 1 aromatic heterocycles. The molecular formula is C10H7F6NO2. The van der Waals surface area contributed by atoms with E-state index >= 15 is 0 Å². The van der Waals surface area contributed by atoms with Crippen molar-refractivity contribution in [2.45, 2.75) is 19.5 Å². The number of carbonyl (C=O) groups is 1. The van der Waals surface area contributed by atoms with Crippen molar-refractivity contribution in [2.24, 2.45) is 0 Å². The van der Waals surface area contributed by atoms with Crippen LogP contribution in [0.4, 0.5) is 26.3 Å². The van der Waals surface area contributed by atoms with Gasteiger partial charge in [0.05, 0.1) is 12.2 Å². The number of alkyl halides is 5. The van der Waals surface area contributed by atoms with Crippen LogP contribution >= 0.6 is 0 Å². The summed E-state index contributed by atoms with van der Waals surface area (Å²) in [5.74, 6) is -3.54. The quantitative estimate of drug-likeness (QED) is 0.632. The summed E-state index contributed by atoms with van der Waals surface area (Å²) >= 11 is 0. The average Bonchev–Trinajstić information content (AvgIpc) is 2.27. The Morgan fingerprint density at radius 1 is 1.42 bits per heavy atom. The number of hydrogen-bond donors (Lipinski definition) is 0. The maximum absolute atomic E-state index is 13.2. The van der Waals surface area contributed by atoms with E-state index in [0.717, 1.165) is 0 Å². The first-order valence-electron chi connectivity index (χ1n) is 4.91. The number of ether oxygens (including phenoxy) is 1. The van der Waals surface area contributed by atoms with Crippen molar-refractivity contribution >= 4 is 5.97 Å². The molecule has 1 aromatic rings. The largest absolute Gasteiger partial charge is 0.461 e. The van der Waals surface area contributed by atoms with Gasteiger partial charge in [-0.3, -0.25) is 0 Å². The van der Waals surface area contributed by atoms with Gasteiger partial charge < -0.3 is 4.74 Å². The SMILES string of the molecule is CCOC(=O)c1cc(C(F)F)c(F)c(C(F)(F)F)n1. The molecule has 0 aliphatic heterocycles. The summed E-state index contributed by atoms with van der Waals surface area (Å²) in [6.07, 6.45) is -8.81. The molecule has 106 valence electrons. The summed E-state index contributed by atoms with van der Waals surface area (Å²) in [5.41, 5.74) is -4.75. The Morgan fingerprint density at radius 2 is 2.00 bits per heavy atom. The van der Waals surface area contributed by atoms with Crippen LogP contribution in [0, 0.1) is 5.82 Å². The molecule has 0 amide bonds. The van der Waals surface area contributed by atoms with Gasteiger partial charge in [0, 0.05) is 0 Å². The van der Waals surface area contributed by atoms with E-state index in [1.54, 1.807) is 0 Å². The third-order valence-electron chi connectivity index (χ3n) is 1.97. The number of esters is 1. The molecule has 0 aliphatic carbocycles. The van der Waals surface area contributed by atoms with E-state index in [2.05, 4.69) is 9.72 Å². The second kappa shape index (κ2) is 5.45. The standard InChI is InChI=1S/C10H7F6NO2/c1-2-19-9(18)5-3-4(8(12)13)6(11)7(17-5)10(14,15)16/h3,8H,2H2,1H3. The molecule has 0 unspecified atom stereocenters. The Morgan fingerprint density at radius 3 is 2.42 bits per heavy atom. The monoisotopic (exact) mass is 287 g/mol. The van der Waals surface area contributed by atoms with Crippen LogP contribution in [0.1, 0.15) is 35.1 Å². The van der Waals surface area contributed by atoms with E-state index in [1.807, 2.05) is 0 Å². The fourth-order valence-electron chi connectivity index (χ4n) is 1.21. The molecule has 0 radical (unpaired) electrons. The van der Waals surface area contributed by atoms with E-state index < -0.39 is 41.3 Å². The van der Waals surface area contributed by atoms with Crippen molar-refractivity contribution in [1.29, 1.82) is 0 Å². The van der Waals surface area contributed by atoms with Gasteiger partial charge in [-0.2, -0.15) is 13.2 Å². The highest BCUT2D eigenvalue weighted by Gasteiger charge is 2.39. The molecule has 0 saturated heterocycles. The van der Waals surface area contributed by atoms with Crippen LogP contribution in [-0.2, 0) is 10.9 Å². The Kier molecular flexibility index (Phi) is 4.38. The lowest BCUT2D eigenvalue weighted by Crippen LogP contribution is -2.18. The number of aromatic nitrogens is 1. The van der Waals surface area contributed by atoms with Gasteiger partial charge in [0.25, 0.3) is 6.43 Å². The summed E-state index contributed by atoms with van der Waals surface area (Å²) in [7, 11) is 0. The Bertz CT molecular complexity index is 486. The molecular weight excluding hydrogens is 280 g/mol. The van der Waals surface area contributed by atoms with E-state index in [0.29, 0.717) is 0 Å². The minimum absolute atomic E-state index is 0.191. The van der Waals surface area contributed by atoms with Crippen LogP contribution in [0.2, 0.25) is 0 Å². The molecule has 0 aromatic carbocycles. The lowest BCUT2D eigenvalue weighted by Gasteiger charge is -2.12. The maximum Gasteiger partial charge on any atom is 0.436 e. The topological polar surface area (TPSA) is 39.2 Å². The molecule has 9 heteroatoms. The second-order valence-corrected chi connectivity index (χ2v) is 3.28. The normalized spacial score (nSPS) is 11.8. The van der Waals surface area contributed by atoms with Crippen molar-refractivity contribution in [2.75, 3.05) is 6.61 Å². The fraction of sp³-hybridized carbons (Fsp3) is 0.400. The van der Waals surface area contributed by atoms with Gasteiger partial charge >= 0.3 is 12.1 Å². The summed E-state index contributed by atoms with van der Waals surface area (Å²) in [6, 6.07) is 0.243. The predicted octanol–water partition coefficient (Wildman–Crippen LogP) is 3.35. The summed E-state index contributed by atoms with van der Waals surface area (Å²) < 4.78 is 79.7.